The summed E-state index contributed by atoms with van der Waals surface area (Å²) in [7, 11) is 1.63. The number of halogens is 1. The molecule has 0 bridgehead atoms. The van der Waals surface area contributed by atoms with Crippen LogP contribution in [0.2, 0.25) is 0 Å². The van der Waals surface area contributed by atoms with Crippen molar-refractivity contribution >= 4 is 33.2 Å². The maximum atomic E-state index is 11.9. The third-order valence-corrected chi connectivity index (χ3v) is 4.17. The summed E-state index contributed by atoms with van der Waals surface area (Å²) >= 11 is 4.61. The van der Waals surface area contributed by atoms with Crippen LogP contribution in [-0.4, -0.2) is 24.7 Å². The van der Waals surface area contributed by atoms with E-state index in [1.165, 1.54) is 11.3 Å². The quantitative estimate of drug-likeness (QED) is 0.767. The van der Waals surface area contributed by atoms with E-state index >= 15 is 0 Å². The van der Waals surface area contributed by atoms with E-state index in [9.17, 15) is 4.79 Å². The van der Waals surface area contributed by atoms with Crippen LogP contribution in [0.5, 0.6) is 5.75 Å². The molecule has 0 spiro atoms. The van der Waals surface area contributed by atoms with E-state index in [0.29, 0.717) is 27.5 Å². The number of esters is 1. The van der Waals surface area contributed by atoms with E-state index in [0.717, 1.165) is 11.3 Å². The summed E-state index contributed by atoms with van der Waals surface area (Å²) in [5.74, 6) is 0.461. The summed E-state index contributed by atoms with van der Waals surface area (Å²) in [6, 6.07) is 7.71. The number of benzene rings is 1. The van der Waals surface area contributed by atoms with Gasteiger partial charge in [0.25, 0.3) is 0 Å². The molecule has 106 valence electrons. The number of thiazole rings is 1. The number of hydrogen-bond donors (Lipinski definition) is 0. The third kappa shape index (κ3) is 3.58. The molecule has 0 saturated heterocycles. The van der Waals surface area contributed by atoms with Crippen LogP contribution in [0.25, 0.3) is 0 Å². The molecule has 0 atom stereocenters. The predicted octanol–water partition coefficient (Wildman–Crippen LogP) is 3.68. The van der Waals surface area contributed by atoms with E-state index in [1.807, 2.05) is 24.3 Å². The number of nitrogens with zero attached hydrogens (tertiary/aromatic N) is 1. The minimum Gasteiger partial charge on any atom is -0.497 e. The standard InChI is InChI=1S/C14H14BrNO3S/c1-3-19-13(17)12-11(16-14(15)20-12)8-9-5-4-6-10(7-9)18-2/h4-7H,3,8H2,1-2H3. The van der Waals surface area contributed by atoms with Crippen molar-refractivity contribution in [3.8, 4) is 5.75 Å². The Hall–Kier alpha value is -1.40. The van der Waals surface area contributed by atoms with Crippen molar-refractivity contribution in [2.45, 2.75) is 13.3 Å². The first-order valence-corrected chi connectivity index (χ1v) is 7.70. The molecule has 1 heterocycles. The van der Waals surface area contributed by atoms with Gasteiger partial charge in [-0.1, -0.05) is 23.5 Å². The highest BCUT2D eigenvalue weighted by Crippen LogP contribution is 2.26. The summed E-state index contributed by atoms with van der Waals surface area (Å²) in [6.45, 7) is 2.14. The van der Waals surface area contributed by atoms with Crippen molar-refractivity contribution in [1.29, 1.82) is 0 Å². The Morgan fingerprint density at radius 3 is 2.95 bits per heavy atom. The molecule has 2 rings (SSSR count). The summed E-state index contributed by atoms with van der Waals surface area (Å²) in [4.78, 5) is 16.8. The molecular formula is C14H14BrNO3S. The van der Waals surface area contributed by atoms with Crippen LogP contribution < -0.4 is 4.74 Å². The highest BCUT2D eigenvalue weighted by Gasteiger charge is 2.18. The fourth-order valence-corrected chi connectivity index (χ4v) is 3.18. The largest absolute Gasteiger partial charge is 0.497 e. The van der Waals surface area contributed by atoms with Gasteiger partial charge < -0.3 is 9.47 Å². The molecule has 0 saturated carbocycles. The van der Waals surface area contributed by atoms with Gasteiger partial charge in [0.2, 0.25) is 0 Å². The number of carbonyl (C=O) groups excluding carboxylic acids is 1. The van der Waals surface area contributed by atoms with E-state index < -0.39 is 0 Å². The Bertz CT molecular complexity index is 612. The van der Waals surface area contributed by atoms with Crippen LogP contribution in [0.1, 0.15) is 27.9 Å². The summed E-state index contributed by atoms with van der Waals surface area (Å²) < 4.78 is 10.9. The van der Waals surface area contributed by atoms with Gasteiger partial charge in [-0.2, -0.15) is 0 Å². The van der Waals surface area contributed by atoms with Crippen LogP contribution in [0.4, 0.5) is 0 Å². The van der Waals surface area contributed by atoms with E-state index in [2.05, 4.69) is 20.9 Å². The Morgan fingerprint density at radius 1 is 1.45 bits per heavy atom. The molecule has 0 aliphatic carbocycles. The third-order valence-electron chi connectivity index (χ3n) is 2.64. The zero-order valence-electron chi connectivity index (χ0n) is 11.2. The molecule has 1 aromatic carbocycles. The van der Waals surface area contributed by atoms with Crippen molar-refractivity contribution in [2.75, 3.05) is 13.7 Å². The highest BCUT2D eigenvalue weighted by atomic mass is 79.9. The van der Waals surface area contributed by atoms with Crippen LogP contribution in [0.3, 0.4) is 0 Å². The highest BCUT2D eigenvalue weighted by molar-refractivity contribution is 9.11. The lowest BCUT2D eigenvalue weighted by Crippen LogP contribution is -2.06. The number of methoxy groups -OCH3 is 1. The lowest BCUT2D eigenvalue weighted by atomic mass is 10.1. The smallest absolute Gasteiger partial charge is 0.350 e. The zero-order valence-corrected chi connectivity index (χ0v) is 13.6. The fraction of sp³-hybridized carbons (Fsp3) is 0.286. The van der Waals surface area contributed by atoms with Gasteiger partial charge >= 0.3 is 5.97 Å². The molecular weight excluding hydrogens is 342 g/mol. The van der Waals surface area contributed by atoms with Crippen molar-refractivity contribution in [3.63, 3.8) is 0 Å². The van der Waals surface area contributed by atoms with Crippen LogP contribution in [0.15, 0.2) is 28.2 Å². The molecule has 0 aliphatic heterocycles. The Kier molecular flexibility index (Phi) is 5.14. The summed E-state index contributed by atoms with van der Waals surface area (Å²) in [6.07, 6.45) is 0.563. The predicted molar refractivity (Wildman–Crippen MR) is 81.6 cm³/mol. The maximum absolute atomic E-state index is 11.9. The molecule has 1 aromatic heterocycles. The lowest BCUT2D eigenvalue weighted by molar-refractivity contribution is 0.0530. The van der Waals surface area contributed by atoms with Gasteiger partial charge in [0.1, 0.15) is 10.6 Å². The minimum absolute atomic E-state index is 0.325. The first-order valence-electron chi connectivity index (χ1n) is 6.09. The minimum atomic E-state index is -0.325. The fourth-order valence-electron chi connectivity index (χ4n) is 1.77. The molecule has 20 heavy (non-hydrogen) atoms. The molecule has 0 aliphatic rings. The monoisotopic (exact) mass is 355 g/mol. The second-order valence-corrected chi connectivity index (χ2v) is 6.27. The van der Waals surface area contributed by atoms with Gasteiger partial charge in [0.15, 0.2) is 3.92 Å². The molecule has 0 radical (unpaired) electrons. The first-order chi connectivity index (χ1) is 9.63. The van der Waals surface area contributed by atoms with Crippen LogP contribution in [-0.2, 0) is 11.2 Å². The van der Waals surface area contributed by atoms with Gasteiger partial charge in [0.05, 0.1) is 19.4 Å². The molecule has 0 amide bonds. The average molecular weight is 356 g/mol. The second-order valence-electron chi connectivity index (χ2n) is 3.99. The van der Waals surface area contributed by atoms with Crippen LogP contribution in [0, 0.1) is 0 Å². The molecule has 0 N–H and O–H groups in total. The van der Waals surface area contributed by atoms with Crippen molar-refractivity contribution in [1.82, 2.24) is 4.98 Å². The molecule has 2 aromatic rings. The number of aromatic nitrogens is 1. The molecule has 6 heteroatoms. The van der Waals surface area contributed by atoms with Crippen molar-refractivity contribution in [2.24, 2.45) is 0 Å². The van der Waals surface area contributed by atoms with Gasteiger partial charge in [-0.05, 0) is 40.5 Å². The molecule has 0 fully saturated rings. The number of ether oxygens (including phenoxy) is 2. The first kappa shape index (κ1) is 15.0. The van der Waals surface area contributed by atoms with Crippen LogP contribution >= 0.6 is 27.3 Å². The Labute approximate surface area is 129 Å². The van der Waals surface area contributed by atoms with Gasteiger partial charge in [0, 0.05) is 6.42 Å². The zero-order chi connectivity index (χ0) is 14.5. The van der Waals surface area contributed by atoms with E-state index in [1.54, 1.807) is 14.0 Å². The number of hydrogen-bond acceptors (Lipinski definition) is 5. The van der Waals surface area contributed by atoms with Gasteiger partial charge in [-0.25, -0.2) is 9.78 Å². The van der Waals surface area contributed by atoms with E-state index in [4.69, 9.17) is 9.47 Å². The maximum Gasteiger partial charge on any atom is 0.350 e. The number of rotatable bonds is 5. The topological polar surface area (TPSA) is 48.4 Å². The normalized spacial score (nSPS) is 10.3. The Morgan fingerprint density at radius 2 is 2.25 bits per heavy atom. The summed E-state index contributed by atoms with van der Waals surface area (Å²) in [5, 5.41) is 0. The Balaban J connectivity index is 2.26. The average Bonchev–Trinajstić information content (AvgIpc) is 2.80. The van der Waals surface area contributed by atoms with Crippen molar-refractivity contribution < 1.29 is 14.3 Å². The molecule has 0 unspecified atom stereocenters. The van der Waals surface area contributed by atoms with Gasteiger partial charge in [-0.15, -0.1) is 0 Å². The van der Waals surface area contributed by atoms with Crippen molar-refractivity contribution in [3.05, 3.63) is 44.3 Å². The summed E-state index contributed by atoms with van der Waals surface area (Å²) in [5.41, 5.74) is 1.75. The second kappa shape index (κ2) is 6.85. The SMILES string of the molecule is CCOC(=O)c1sc(Br)nc1Cc1cccc(OC)c1. The number of carbonyl (C=O) groups is 1. The lowest BCUT2D eigenvalue weighted by Gasteiger charge is -2.05. The van der Waals surface area contributed by atoms with E-state index in [-0.39, 0.29) is 5.97 Å². The van der Waals surface area contributed by atoms with Gasteiger partial charge in [-0.3, -0.25) is 0 Å². The molecule has 4 nitrogen and oxygen atoms in total.